The predicted octanol–water partition coefficient (Wildman–Crippen LogP) is 4.97. The van der Waals surface area contributed by atoms with E-state index in [9.17, 15) is 9.59 Å². The average molecular weight is 415 g/mol. The topological polar surface area (TPSA) is 52.6 Å². The van der Waals surface area contributed by atoms with E-state index in [1.807, 2.05) is 18.2 Å². The highest BCUT2D eigenvalue weighted by Crippen LogP contribution is 2.27. The number of carbonyl (C=O) groups excluding carboxylic acids is 2. The molecule has 0 aromatic heterocycles. The molecule has 0 aliphatic carbocycles. The molecule has 2 rings (SSSR count). The van der Waals surface area contributed by atoms with Gasteiger partial charge >= 0.3 is 11.9 Å². The lowest BCUT2D eigenvalue weighted by Crippen LogP contribution is -2.16. The molecule has 2 aromatic carbocycles. The SMILES string of the molecule is C=CCOC(=O)c1ccccc1C(=O)OC(C=C)c1cc(CS)ccc1CS. The zero-order valence-electron chi connectivity index (χ0n) is 15.3. The molecule has 0 heterocycles. The van der Waals surface area contributed by atoms with Crippen molar-refractivity contribution >= 4 is 37.2 Å². The molecule has 0 aliphatic rings. The molecule has 1 atom stereocenters. The fraction of sp³-hybridized carbons (Fsp3) is 0.182. The molecule has 0 spiro atoms. The van der Waals surface area contributed by atoms with Gasteiger partial charge < -0.3 is 9.47 Å². The molecular formula is C22H22O4S2. The van der Waals surface area contributed by atoms with Crippen LogP contribution in [0.15, 0.2) is 67.8 Å². The number of thiol groups is 2. The monoisotopic (exact) mass is 414 g/mol. The van der Waals surface area contributed by atoms with Crippen LogP contribution in [0.2, 0.25) is 0 Å². The Labute approximate surface area is 176 Å². The van der Waals surface area contributed by atoms with Gasteiger partial charge in [0.15, 0.2) is 0 Å². The van der Waals surface area contributed by atoms with Crippen molar-refractivity contribution in [1.82, 2.24) is 0 Å². The first-order valence-electron chi connectivity index (χ1n) is 8.59. The van der Waals surface area contributed by atoms with Crippen molar-refractivity contribution in [1.29, 1.82) is 0 Å². The van der Waals surface area contributed by atoms with Crippen molar-refractivity contribution in [2.45, 2.75) is 17.6 Å². The number of benzene rings is 2. The van der Waals surface area contributed by atoms with Crippen LogP contribution in [0.4, 0.5) is 0 Å². The first-order chi connectivity index (χ1) is 13.5. The summed E-state index contributed by atoms with van der Waals surface area (Å²) >= 11 is 8.65. The molecule has 4 nitrogen and oxygen atoms in total. The van der Waals surface area contributed by atoms with E-state index < -0.39 is 18.0 Å². The molecule has 0 fully saturated rings. The van der Waals surface area contributed by atoms with Crippen molar-refractivity contribution in [3.63, 3.8) is 0 Å². The normalized spacial score (nSPS) is 11.4. The number of carbonyl (C=O) groups is 2. The highest BCUT2D eigenvalue weighted by molar-refractivity contribution is 7.79. The fourth-order valence-corrected chi connectivity index (χ4v) is 3.11. The van der Waals surface area contributed by atoms with Gasteiger partial charge in [0.05, 0.1) is 11.1 Å². The Morgan fingerprint density at radius 2 is 1.68 bits per heavy atom. The van der Waals surface area contributed by atoms with E-state index >= 15 is 0 Å². The minimum atomic E-state index is -0.688. The fourth-order valence-electron chi connectivity index (χ4n) is 2.62. The van der Waals surface area contributed by atoms with Gasteiger partial charge in [-0.1, -0.05) is 49.6 Å². The first kappa shape index (κ1) is 21.9. The van der Waals surface area contributed by atoms with E-state index in [1.54, 1.807) is 18.2 Å². The maximum atomic E-state index is 12.8. The van der Waals surface area contributed by atoms with E-state index in [0.717, 1.165) is 16.7 Å². The Kier molecular flexibility index (Phi) is 8.42. The van der Waals surface area contributed by atoms with Gasteiger partial charge in [0.25, 0.3) is 0 Å². The summed E-state index contributed by atoms with van der Waals surface area (Å²) < 4.78 is 10.7. The molecule has 1 unspecified atom stereocenters. The van der Waals surface area contributed by atoms with Crippen molar-refractivity contribution in [3.05, 3.63) is 95.6 Å². The first-order valence-corrected chi connectivity index (χ1v) is 9.86. The van der Waals surface area contributed by atoms with Gasteiger partial charge in [-0.3, -0.25) is 0 Å². The summed E-state index contributed by atoms with van der Waals surface area (Å²) in [6, 6.07) is 12.2. The molecule has 0 amide bonds. The van der Waals surface area contributed by atoms with Gasteiger partial charge in [-0.2, -0.15) is 25.3 Å². The lowest BCUT2D eigenvalue weighted by Gasteiger charge is -2.19. The van der Waals surface area contributed by atoms with Gasteiger partial charge in [-0.15, -0.1) is 0 Å². The number of rotatable bonds is 9. The number of hydrogen-bond donors (Lipinski definition) is 2. The zero-order valence-corrected chi connectivity index (χ0v) is 17.1. The molecule has 146 valence electrons. The van der Waals surface area contributed by atoms with Gasteiger partial charge in [0.1, 0.15) is 12.7 Å². The molecule has 28 heavy (non-hydrogen) atoms. The quantitative estimate of drug-likeness (QED) is 0.345. The highest BCUT2D eigenvalue weighted by atomic mass is 32.1. The van der Waals surface area contributed by atoms with E-state index in [2.05, 4.69) is 38.4 Å². The molecule has 0 saturated heterocycles. The molecule has 2 aromatic rings. The van der Waals surface area contributed by atoms with E-state index in [1.165, 1.54) is 18.2 Å². The summed E-state index contributed by atoms with van der Waals surface area (Å²) in [4.78, 5) is 25.0. The van der Waals surface area contributed by atoms with Crippen molar-refractivity contribution in [3.8, 4) is 0 Å². The van der Waals surface area contributed by atoms with Crippen LogP contribution in [0.1, 0.15) is 43.5 Å². The van der Waals surface area contributed by atoms with Crippen molar-refractivity contribution in [2.24, 2.45) is 0 Å². The van der Waals surface area contributed by atoms with E-state index in [4.69, 9.17) is 9.47 Å². The van der Waals surface area contributed by atoms with Crippen molar-refractivity contribution < 1.29 is 19.1 Å². The Morgan fingerprint density at radius 3 is 2.25 bits per heavy atom. The van der Waals surface area contributed by atoms with Gasteiger partial charge in [0, 0.05) is 17.1 Å². The van der Waals surface area contributed by atoms with Gasteiger partial charge in [-0.25, -0.2) is 9.59 Å². The molecule has 6 heteroatoms. The molecule has 0 radical (unpaired) electrons. The third kappa shape index (κ3) is 5.30. The average Bonchev–Trinajstić information content (AvgIpc) is 2.75. The Morgan fingerprint density at radius 1 is 1.00 bits per heavy atom. The van der Waals surface area contributed by atoms with Gasteiger partial charge in [-0.05, 0) is 29.3 Å². The minimum Gasteiger partial charge on any atom is -0.458 e. The minimum absolute atomic E-state index is 0.0549. The second kappa shape index (κ2) is 10.8. The van der Waals surface area contributed by atoms with Crippen molar-refractivity contribution in [2.75, 3.05) is 6.61 Å². The smallest absolute Gasteiger partial charge is 0.339 e. The van der Waals surface area contributed by atoms with Crippen LogP contribution in [0.5, 0.6) is 0 Å². The highest BCUT2D eigenvalue weighted by Gasteiger charge is 2.23. The third-order valence-corrected chi connectivity index (χ3v) is 4.72. The van der Waals surface area contributed by atoms with Crippen LogP contribution in [-0.2, 0) is 21.0 Å². The van der Waals surface area contributed by atoms with Crippen LogP contribution in [-0.4, -0.2) is 18.5 Å². The van der Waals surface area contributed by atoms with E-state index in [0.29, 0.717) is 11.5 Å². The maximum absolute atomic E-state index is 12.8. The molecule has 0 N–H and O–H groups in total. The largest absolute Gasteiger partial charge is 0.458 e. The summed E-state index contributed by atoms with van der Waals surface area (Å²) in [6.45, 7) is 7.35. The third-order valence-electron chi connectivity index (χ3n) is 4.02. The van der Waals surface area contributed by atoms with Crippen LogP contribution in [0.3, 0.4) is 0 Å². The van der Waals surface area contributed by atoms with Crippen LogP contribution in [0, 0.1) is 0 Å². The maximum Gasteiger partial charge on any atom is 0.339 e. The van der Waals surface area contributed by atoms with E-state index in [-0.39, 0.29) is 17.7 Å². The molecule has 0 saturated carbocycles. The van der Waals surface area contributed by atoms with Crippen LogP contribution in [0.25, 0.3) is 0 Å². The molecule has 0 aliphatic heterocycles. The summed E-state index contributed by atoms with van der Waals surface area (Å²) in [7, 11) is 0. The summed E-state index contributed by atoms with van der Waals surface area (Å²) in [5.41, 5.74) is 2.96. The zero-order chi connectivity index (χ0) is 20.5. The van der Waals surface area contributed by atoms with Crippen LogP contribution >= 0.6 is 25.3 Å². The second-order valence-corrected chi connectivity index (χ2v) is 6.48. The second-order valence-electron chi connectivity index (χ2n) is 5.84. The van der Waals surface area contributed by atoms with Crippen LogP contribution < -0.4 is 0 Å². The molecular weight excluding hydrogens is 392 g/mol. The molecule has 0 bridgehead atoms. The summed E-state index contributed by atoms with van der Waals surface area (Å²) in [5.74, 6) is -0.224. The summed E-state index contributed by atoms with van der Waals surface area (Å²) in [5, 5.41) is 0. The Bertz CT molecular complexity index is 877. The standard InChI is InChI=1S/C22H22O4S2/c1-3-11-25-21(23)17-7-5-6-8-18(17)22(24)26-20(4-2)19-12-15(13-27)9-10-16(19)14-28/h3-10,12,20,27-28H,1-2,11,13-14H2. The van der Waals surface area contributed by atoms with Gasteiger partial charge in [0.2, 0.25) is 0 Å². The Hall–Kier alpha value is -2.44. The number of ether oxygens (including phenoxy) is 2. The predicted molar refractivity (Wildman–Crippen MR) is 117 cm³/mol. The number of hydrogen-bond acceptors (Lipinski definition) is 6. The summed E-state index contributed by atoms with van der Waals surface area (Å²) in [6.07, 6.45) is 2.31. The number of esters is 2. The lowest BCUT2D eigenvalue weighted by atomic mass is 10.00. The lowest BCUT2D eigenvalue weighted by molar-refractivity contribution is 0.0378. The Balaban J connectivity index is 2.32.